The fraction of sp³-hybridized carbons (Fsp3) is 0.217. The Morgan fingerprint density at radius 2 is 1.57 bits per heavy atom. The lowest BCUT2D eigenvalue weighted by Gasteiger charge is -2.36. The van der Waals surface area contributed by atoms with Crippen LogP contribution < -0.4 is 20.1 Å². The van der Waals surface area contributed by atoms with Gasteiger partial charge in [-0.3, -0.25) is 19.0 Å². The summed E-state index contributed by atoms with van der Waals surface area (Å²) in [6, 6.07) is 17.0. The van der Waals surface area contributed by atoms with Crippen LogP contribution in [0.15, 0.2) is 82.7 Å². The Morgan fingerprint density at radius 1 is 0.971 bits per heavy atom. The Labute approximate surface area is 212 Å². The average molecular weight is 533 g/mol. The Bertz CT molecular complexity index is 1320. The molecule has 0 atom stereocenters. The van der Waals surface area contributed by atoms with Crippen molar-refractivity contribution in [2.45, 2.75) is 4.90 Å². The van der Waals surface area contributed by atoms with Crippen molar-refractivity contribution >= 4 is 51.4 Å². The van der Waals surface area contributed by atoms with Crippen LogP contribution in [0.5, 0.6) is 5.75 Å². The minimum absolute atomic E-state index is 0.108. The second kappa shape index (κ2) is 11.3. The van der Waals surface area contributed by atoms with E-state index < -0.39 is 17.4 Å². The van der Waals surface area contributed by atoms with Gasteiger partial charge in [-0.15, -0.1) is 0 Å². The molecule has 0 unspecified atom stereocenters. The highest BCUT2D eigenvalue weighted by molar-refractivity contribution is 7.92. The zero-order valence-electron chi connectivity index (χ0n) is 20.2. The highest BCUT2D eigenvalue weighted by Crippen LogP contribution is 2.52. The number of pyridine rings is 1. The van der Waals surface area contributed by atoms with Crippen molar-refractivity contribution < 1.29 is 13.2 Å². The van der Waals surface area contributed by atoms with Crippen LogP contribution in [0.25, 0.3) is 0 Å². The van der Waals surface area contributed by atoms with E-state index in [2.05, 4.69) is 24.4 Å². The molecule has 0 aliphatic carbocycles. The first-order chi connectivity index (χ1) is 16.6. The number of hydrogen-bond donors (Lipinski definition) is 2. The molecule has 1 aromatic heterocycles. The number of aromatic nitrogens is 1. The smallest absolute Gasteiger partial charge is 0.262 e. The monoisotopic (exact) mass is 532 g/mol. The van der Waals surface area contributed by atoms with Crippen LogP contribution in [0.2, 0.25) is 0 Å². The van der Waals surface area contributed by atoms with E-state index in [4.69, 9.17) is 21.7 Å². The van der Waals surface area contributed by atoms with Crippen LogP contribution in [-0.2, 0) is 10.0 Å². The first-order valence-electron chi connectivity index (χ1n) is 10.6. The highest BCUT2D eigenvalue weighted by atomic mass is 32.2. The van der Waals surface area contributed by atoms with Gasteiger partial charge in [0.15, 0.2) is 5.11 Å². The van der Waals surface area contributed by atoms with Crippen molar-refractivity contribution in [1.82, 2.24) is 14.3 Å². The molecule has 0 aliphatic rings. The summed E-state index contributed by atoms with van der Waals surface area (Å²) in [6.07, 6.45) is 3.47. The maximum atomic E-state index is 12.9. The molecular weight excluding hydrogens is 503 g/mol. The summed E-state index contributed by atoms with van der Waals surface area (Å²) < 4.78 is 42.6. The van der Waals surface area contributed by atoms with Crippen LogP contribution in [0.1, 0.15) is 0 Å². The molecule has 0 spiro atoms. The molecule has 9 nitrogen and oxygen atoms in total. The third-order valence-corrected chi connectivity index (χ3v) is 10.5. The fourth-order valence-corrected chi connectivity index (χ4v) is 8.00. The van der Waals surface area contributed by atoms with E-state index in [9.17, 15) is 8.42 Å². The van der Waals surface area contributed by atoms with E-state index in [1.807, 2.05) is 40.3 Å². The number of nitrogens with zero attached hydrogens (tertiary/aromatic N) is 4. The average Bonchev–Trinajstić information content (AvgIpc) is 2.83. The Balaban J connectivity index is 1.85. The maximum Gasteiger partial charge on any atom is 0.262 e. The van der Waals surface area contributed by atoms with E-state index in [1.165, 1.54) is 19.2 Å². The molecule has 0 fully saturated rings. The van der Waals surface area contributed by atoms with Crippen LogP contribution in [0.3, 0.4) is 0 Å². The van der Waals surface area contributed by atoms with Gasteiger partial charge in [-0.25, -0.2) is 13.2 Å². The molecule has 0 saturated carbocycles. The lowest BCUT2D eigenvalue weighted by Crippen LogP contribution is -2.30. The van der Waals surface area contributed by atoms with Crippen molar-refractivity contribution in [2.75, 3.05) is 45.3 Å². The Morgan fingerprint density at radius 3 is 2.14 bits per heavy atom. The molecular formula is C23H29N6O3PS2. The van der Waals surface area contributed by atoms with E-state index in [1.54, 1.807) is 48.8 Å². The second-order valence-electron chi connectivity index (χ2n) is 7.83. The number of para-hydroxylation sites is 2. The summed E-state index contributed by atoms with van der Waals surface area (Å²) in [5.41, 5.74) is 0.987. The van der Waals surface area contributed by atoms with Crippen molar-refractivity contribution in [3.8, 4) is 5.75 Å². The van der Waals surface area contributed by atoms with Crippen molar-refractivity contribution in [3.05, 3.63) is 73.1 Å². The lowest BCUT2D eigenvalue weighted by molar-refractivity contribution is 0.417. The highest BCUT2D eigenvalue weighted by Gasteiger charge is 2.28. The third-order valence-electron chi connectivity index (χ3n) is 5.12. The molecule has 0 radical (unpaired) electrons. The molecule has 35 heavy (non-hydrogen) atoms. The van der Waals surface area contributed by atoms with Gasteiger partial charge in [-0.2, -0.15) is 0 Å². The molecule has 12 heteroatoms. The zero-order chi connectivity index (χ0) is 25.6. The van der Waals surface area contributed by atoms with Gasteiger partial charge >= 0.3 is 0 Å². The number of benzene rings is 2. The van der Waals surface area contributed by atoms with E-state index in [0.29, 0.717) is 22.2 Å². The molecule has 2 aromatic carbocycles. The van der Waals surface area contributed by atoms with Crippen LogP contribution in [0.4, 0.5) is 11.4 Å². The normalized spacial score (nSPS) is 11.9. The van der Waals surface area contributed by atoms with E-state index >= 15 is 0 Å². The minimum atomic E-state index is -3.81. The van der Waals surface area contributed by atoms with Crippen molar-refractivity contribution in [1.29, 1.82) is 0 Å². The lowest BCUT2D eigenvalue weighted by atomic mass is 10.3. The first-order valence-corrected chi connectivity index (χ1v) is 14.1. The third kappa shape index (κ3) is 6.06. The van der Waals surface area contributed by atoms with Crippen LogP contribution in [0, 0.1) is 0 Å². The summed E-state index contributed by atoms with van der Waals surface area (Å²) in [5, 5.41) is 4.41. The molecule has 3 aromatic rings. The summed E-state index contributed by atoms with van der Waals surface area (Å²) in [6.45, 7) is 0. The van der Waals surface area contributed by atoms with Gasteiger partial charge in [-0.05, 0) is 88.9 Å². The molecule has 3 rings (SSSR count). The topological polar surface area (TPSA) is 99.2 Å². The van der Waals surface area contributed by atoms with E-state index in [0.717, 1.165) is 5.30 Å². The maximum absolute atomic E-state index is 12.9. The van der Waals surface area contributed by atoms with Gasteiger partial charge in [0.25, 0.3) is 10.0 Å². The number of anilines is 2. The molecule has 1 heterocycles. The van der Waals surface area contributed by atoms with Crippen LogP contribution >= 0.6 is 19.6 Å². The standard InChI is InChI=1S/C23H29N6O3PS2/c1-28(2)33(29(3)4,19-14-16-24-17-15-19)26-23(34)25-18-10-12-20(13-11-18)35(30,31)27-21-8-6-7-9-22(21)32-5/h6-17,27H,1-5H3,(H,25,34). The number of rotatable bonds is 8. The predicted octanol–water partition coefficient (Wildman–Crippen LogP) is 4.07. The molecule has 2 N–H and O–H groups in total. The van der Waals surface area contributed by atoms with Gasteiger partial charge in [0.2, 0.25) is 0 Å². The summed E-state index contributed by atoms with van der Waals surface area (Å²) >= 11 is 5.58. The fourth-order valence-electron chi connectivity index (χ4n) is 3.53. The first kappa shape index (κ1) is 26.8. The zero-order valence-corrected chi connectivity index (χ0v) is 22.7. The Kier molecular flexibility index (Phi) is 8.63. The van der Waals surface area contributed by atoms with Crippen molar-refractivity contribution in [2.24, 2.45) is 4.74 Å². The quantitative estimate of drug-likeness (QED) is 0.331. The largest absolute Gasteiger partial charge is 0.495 e. The second-order valence-corrected chi connectivity index (χ2v) is 13.4. The minimum Gasteiger partial charge on any atom is -0.495 e. The number of nitrogens with one attached hydrogen (secondary N) is 2. The van der Waals surface area contributed by atoms with Gasteiger partial charge in [-0.1, -0.05) is 12.1 Å². The molecule has 0 saturated heterocycles. The van der Waals surface area contributed by atoms with Gasteiger partial charge < -0.3 is 10.1 Å². The number of methoxy groups -OCH3 is 1. The van der Waals surface area contributed by atoms with Crippen LogP contribution in [-0.4, -0.2) is 63.2 Å². The van der Waals surface area contributed by atoms with Gasteiger partial charge in [0.1, 0.15) is 13.1 Å². The summed E-state index contributed by atoms with van der Waals surface area (Å²) in [5.74, 6) is 0.434. The van der Waals surface area contributed by atoms with Crippen molar-refractivity contribution in [3.63, 3.8) is 0 Å². The van der Waals surface area contributed by atoms with E-state index in [-0.39, 0.29) is 4.90 Å². The van der Waals surface area contributed by atoms with Gasteiger partial charge in [0, 0.05) is 23.4 Å². The number of hydrogen-bond acceptors (Lipinski definition) is 5. The number of sulfonamides is 1. The molecule has 0 amide bonds. The molecule has 0 aliphatic heterocycles. The molecule has 0 bridgehead atoms. The van der Waals surface area contributed by atoms with Gasteiger partial charge in [0.05, 0.1) is 17.7 Å². The molecule has 186 valence electrons. The summed E-state index contributed by atoms with van der Waals surface area (Å²) in [4.78, 5) is 4.23. The SMILES string of the molecule is COc1ccccc1NS(=O)(=O)c1ccc(NC(=S)N=P(c2ccncc2)(N(C)C)N(C)C)cc1. The summed E-state index contributed by atoms with van der Waals surface area (Å²) in [7, 11) is 3.21. The Hall–Kier alpha value is -2.82. The predicted molar refractivity (Wildman–Crippen MR) is 147 cm³/mol. The number of thiocarbonyl (C=S) groups is 1. The number of ether oxygens (including phenoxy) is 1.